The number of primary amides is 1. The summed E-state index contributed by atoms with van der Waals surface area (Å²) in [4.78, 5) is 21.4. The Kier molecular flexibility index (Phi) is 4.85. The highest BCUT2D eigenvalue weighted by Crippen LogP contribution is 2.29. The van der Waals surface area contributed by atoms with Crippen molar-refractivity contribution >= 4 is 11.8 Å². The normalized spacial score (nSPS) is 10.3. The highest BCUT2D eigenvalue weighted by atomic mass is 16.6. The van der Waals surface area contributed by atoms with E-state index in [4.69, 9.17) is 19.6 Å². The highest BCUT2D eigenvalue weighted by molar-refractivity contribution is 5.91. The Bertz CT molecular complexity index is 738. The van der Waals surface area contributed by atoms with Gasteiger partial charge in [0.15, 0.2) is 11.5 Å². The predicted molar refractivity (Wildman–Crippen MR) is 80.8 cm³/mol. The van der Waals surface area contributed by atoms with Crippen molar-refractivity contribution in [1.29, 1.82) is 0 Å². The van der Waals surface area contributed by atoms with Gasteiger partial charge in [-0.05, 0) is 30.5 Å². The zero-order valence-electron chi connectivity index (χ0n) is 12.7. The topological polar surface area (TPSA) is 118 Å². The molecule has 122 valence electrons. The van der Waals surface area contributed by atoms with E-state index in [9.17, 15) is 14.9 Å². The van der Waals surface area contributed by atoms with Crippen molar-refractivity contribution < 1.29 is 23.6 Å². The van der Waals surface area contributed by atoms with Gasteiger partial charge in [-0.2, -0.15) is 0 Å². The highest BCUT2D eigenvalue weighted by Gasteiger charge is 2.22. The number of carbonyl (C=O) groups is 1. The number of nitrogens with zero attached hydrogens (tertiary/aromatic N) is 1. The second-order valence-electron chi connectivity index (χ2n) is 4.75. The molecule has 0 fully saturated rings. The summed E-state index contributed by atoms with van der Waals surface area (Å²) >= 11 is 0. The lowest BCUT2D eigenvalue weighted by Crippen LogP contribution is -2.12. The average molecular weight is 320 g/mol. The van der Waals surface area contributed by atoms with E-state index >= 15 is 0 Å². The van der Waals surface area contributed by atoms with Crippen LogP contribution in [0.15, 0.2) is 28.7 Å². The molecular formula is C15H16N2O6. The summed E-state index contributed by atoms with van der Waals surface area (Å²) in [7, 11) is 3.08. The first kappa shape index (κ1) is 16.3. The number of ether oxygens (including phenoxy) is 2. The van der Waals surface area contributed by atoms with Crippen molar-refractivity contribution in [3.05, 3.63) is 51.3 Å². The van der Waals surface area contributed by atoms with E-state index in [-0.39, 0.29) is 5.76 Å². The number of nitro groups is 1. The van der Waals surface area contributed by atoms with E-state index in [1.165, 1.54) is 13.2 Å². The Morgan fingerprint density at radius 3 is 2.48 bits per heavy atom. The van der Waals surface area contributed by atoms with Crippen LogP contribution in [0.4, 0.5) is 5.88 Å². The third-order valence-electron chi connectivity index (χ3n) is 3.33. The maximum absolute atomic E-state index is 11.3. The van der Waals surface area contributed by atoms with E-state index in [1.807, 2.05) is 6.07 Å². The summed E-state index contributed by atoms with van der Waals surface area (Å²) in [6.07, 6.45) is 0.891. The Balaban J connectivity index is 2.20. The number of methoxy groups -OCH3 is 2. The van der Waals surface area contributed by atoms with Crippen molar-refractivity contribution in [2.75, 3.05) is 14.2 Å². The molecule has 0 saturated heterocycles. The van der Waals surface area contributed by atoms with Gasteiger partial charge in [-0.15, -0.1) is 0 Å². The first-order chi connectivity index (χ1) is 11.0. The van der Waals surface area contributed by atoms with Crippen molar-refractivity contribution in [3.8, 4) is 11.5 Å². The molecule has 23 heavy (non-hydrogen) atoms. The first-order valence-corrected chi connectivity index (χ1v) is 6.74. The molecule has 0 aliphatic heterocycles. The summed E-state index contributed by atoms with van der Waals surface area (Å²) in [5, 5.41) is 10.7. The lowest BCUT2D eigenvalue weighted by atomic mass is 10.0. The smallest absolute Gasteiger partial charge is 0.433 e. The van der Waals surface area contributed by atoms with Crippen molar-refractivity contribution in [1.82, 2.24) is 0 Å². The number of hydrogen-bond donors (Lipinski definition) is 1. The molecule has 0 unspecified atom stereocenters. The summed E-state index contributed by atoms with van der Waals surface area (Å²) in [6, 6.07) is 6.64. The monoisotopic (exact) mass is 320 g/mol. The van der Waals surface area contributed by atoms with Crippen LogP contribution in [0.25, 0.3) is 0 Å². The molecule has 2 aromatic rings. The second-order valence-corrected chi connectivity index (χ2v) is 4.75. The van der Waals surface area contributed by atoms with Gasteiger partial charge in [0.2, 0.25) is 5.76 Å². The van der Waals surface area contributed by atoms with E-state index in [1.54, 1.807) is 19.2 Å². The molecule has 0 aliphatic carbocycles. The van der Waals surface area contributed by atoms with Crippen molar-refractivity contribution in [3.63, 3.8) is 0 Å². The molecule has 1 heterocycles. The average Bonchev–Trinajstić information content (AvgIpc) is 2.97. The van der Waals surface area contributed by atoms with Crippen LogP contribution < -0.4 is 15.2 Å². The van der Waals surface area contributed by atoms with Gasteiger partial charge < -0.3 is 19.6 Å². The fourth-order valence-electron chi connectivity index (χ4n) is 2.21. The molecule has 2 N–H and O–H groups in total. The van der Waals surface area contributed by atoms with Gasteiger partial charge in [0.1, 0.15) is 4.92 Å². The molecule has 0 bridgehead atoms. The fourth-order valence-corrected chi connectivity index (χ4v) is 2.21. The number of benzene rings is 1. The van der Waals surface area contributed by atoms with Gasteiger partial charge in [-0.3, -0.25) is 14.9 Å². The third-order valence-corrected chi connectivity index (χ3v) is 3.33. The van der Waals surface area contributed by atoms with Crippen LogP contribution in [-0.4, -0.2) is 25.1 Å². The molecule has 0 saturated carbocycles. The Labute approximate surface area is 131 Å². The predicted octanol–water partition coefficient (Wildman–Crippen LogP) is 2.09. The molecular weight excluding hydrogens is 304 g/mol. The standard InChI is InChI=1S/C15H16N2O6/c1-21-11-6-4-9(7-12(11)22-2)3-5-10-8-13(17(19)20)23-14(10)15(16)18/h4,6-8H,3,5H2,1-2H3,(H2,16,18). The number of carbonyl (C=O) groups excluding carboxylic acids is 1. The number of hydrogen-bond acceptors (Lipinski definition) is 6. The largest absolute Gasteiger partial charge is 0.493 e. The van der Waals surface area contributed by atoms with Gasteiger partial charge in [-0.1, -0.05) is 6.07 Å². The number of amides is 1. The van der Waals surface area contributed by atoms with Gasteiger partial charge in [0, 0.05) is 5.56 Å². The lowest BCUT2D eigenvalue weighted by molar-refractivity contribution is -0.402. The Morgan fingerprint density at radius 2 is 1.91 bits per heavy atom. The van der Waals surface area contributed by atoms with Gasteiger partial charge in [0.05, 0.1) is 20.3 Å². The van der Waals surface area contributed by atoms with E-state index in [0.717, 1.165) is 5.56 Å². The van der Waals surface area contributed by atoms with Gasteiger partial charge in [0.25, 0.3) is 5.91 Å². The molecule has 2 rings (SSSR count). The number of aryl methyl sites for hydroxylation is 2. The maximum Gasteiger partial charge on any atom is 0.433 e. The van der Waals surface area contributed by atoms with E-state index < -0.39 is 16.7 Å². The van der Waals surface area contributed by atoms with Crippen LogP contribution in [0.1, 0.15) is 21.7 Å². The van der Waals surface area contributed by atoms with Crippen LogP contribution in [0.5, 0.6) is 11.5 Å². The molecule has 1 aromatic heterocycles. The van der Waals surface area contributed by atoms with Gasteiger partial charge in [-0.25, -0.2) is 0 Å². The minimum Gasteiger partial charge on any atom is -0.493 e. The molecule has 0 spiro atoms. The third kappa shape index (κ3) is 3.60. The fraction of sp³-hybridized carbons (Fsp3) is 0.267. The summed E-state index contributed by atoms with van der Waals surface area (Å²) in [6.45, 7) is 0. The zero-order valence-corrected chi connectivity index (χ0v) is 12.7. The van der Waals surface area contributed by atoms with Crippen molar-refractivity contribution in [2.24, 2.45) is 5.73 Å². The number of nitrogens with two attached hydrogens (primary N) is 1. The van der Waals surface area contributed by atoms with Crippen LogP contribution in [0.3, 0.4) is 0 Å². The summed E-state index contributed by atoms with van der Waals surface area (Å²) in [5.41, 5.74) is 6.51. The zero-order chi connectivity index (χ0) is 17.0. The molecule has 8 nitrogen and oxygen atoms in total. The van der Waals surface area contributed by atoms with E-state index in [0.29, 0.717) is 29.9 Å². The molecule has 8 heteroatoms. The molecule has 0 aliphatic rings. The first-order valence-electron chi connectivity index (χ1n) is 6.74. The summed E-state index contributed by atoms with van der Waals surface area (Å²) < 4.78 is 15.3. The number of rotatable bonds is 7. The van der Waals surface area contributed by atoms with Crippen LogP contribution in [-0.2, 0) is 12.8 Å². The minimum absolute atomic E-state index is 0.183. The second kappa shape index (κ2) is 6.82. The lowest BCUT2D eigenvalue weighted by Gasteiger charge is -2.09. The quantitative estimate of drug-likeness (QED) is 0.616. The summed E-state index contributed by atoms with van der Waals surface area (Å²) in [5.74, 6) is -0.329. The molecule has 1 amide bonds. The Morgan fingerprint density at radius 1 is 1.22 bits per heavy atom. The van der Waals surface area contributed by atoms with Crippen molar-refractivity contribution in [2.45, 2.75) is 12.8 Å². The van der Waals surface area contributed by atoms with Gasteiger partial charge >= 0.3 is 5.88 Å². The molecule has 1 aromatic carbocycles. The van der Waals surface area contributed by atoms with Crippen LogP contribution >= 0.6 is 0 Å². The number of furan rings is 1. The maximum atomic E-state index is 11.3. The minimum atomic E-state index is -0.833. The van der Waals surface area contributed by atoms with Crippen LogP contribution in [0.2, 0.25) is 0 Å². The molecule has 0 atom stereocenters. The SMILES string of the molecule is COc1ccc(CCc2cc([N+](=O)[O-])oc2C(N)=O)cc1OC. The van der Waals surface area contributed by atoms with E-state index in [2.05, 4.69) is 0 Å². The Hall–Kier alpha value is -3.03. The molecule has 0 radical (unpaired) electrons. The van der Waals surface area contributed by atoms with Crippen LogP contribution in [0, 0.1) is 10.1 Å².